The molecule has 6 heteroatoms. The zero-order chi connectivity index (χ0) is 11.5. The first kappa shape index (κ1) is 11.3. The van der Waals surface area contributed by atoms with Gasteiger partial charge in [-0.05, 0) is 23.7 Å². The molecule has 0 atom stereocenters. The van der Waals surface area contributed by atoms with E-state index in [9.17, 15) is 4.39 Å². The summed E-state index contributed by atoms with van der Waals surface area (Å²) in [5, 5.41) is 0.0768. The van der Waals surface area contributed by atoms with E-state index in [-0.39, 0.29) is 11.2 Å². The Balaban J connectivity index is 2.27. The van der Waals surface area contributed by atoms with Gasteiger partial charge in [-0.1, -0.05) is 15.9 Å². The molecular weight excluding hydrogens is 298 g/mol. The highest BCUT2D eigenvalue weighted by molar-refractivity contribution is 9.10. The lowest BCUT2D eigenvalue weighted by Crippen LogP contribution is -1.90. The van der Waals surface area contributed by atoms with Gasteiger partial charge in [0.25, 0.3) is 0 Å². The molecule has 1 heterocycles. The highest BCUT2D eigenvalue weighted by Gasteiger charge is 2.03. The molecule has 0 unspecified atom stereocenters. The summed E-state index contributed by atoms with van der Waals surface area (Å²) in [5.74, 6) is 0.198. The molecule has 16 heavy (non-hydrogen) atoms. The van der Waals surface area contributed by atoms with Crippen LogP contribution in [-0.2, 0) is 0 Å². The minimum Gasteiger partial charge on any atom is -0.439 e. The average molecular weight is 304 g/mol. The normalized spacial score (nSPS) is 10.2. The summed E-state index contributed by atoms with van der Waals surface area (Å²) in [4.78, 5) is 7.53. The Hall–Kier alpha value is -1.20. The standard InChI is InChI=1S/C10H5BrClFN2O/c11-6-3-7(13)5-8(4-6)16-9-1-2-14-10(12)15-9/h1-5H. The van der Waals surface area contributed by atoms with Crippen molar-refractivity contribution in [3.05, 3.63) is 46.0 Å². The molecule has 0 saturated heterocycles. The topological polar surface area (TPSA) is 35.0 Å². The molecule has 82 valence electrons. The van der Waals surface area contributed by atoms with Gasteiger partial charge in [0.15, 0.2) is 0 Å². The van der Waals surface area contributed by atoms with Gasteiger partial charge in [-0.3, -0.25) is 0 Å². The summed E-state index contributed by atoms with van der Waals surface area (Å²) in [7, 11) is 0. The number of rotatable bonds is 2. The van der Waals surface area contributed by atoms with Gasteiger partial charge in [-0.15, -0.1) is 0 Å². The van der Waals surface area contributed by atoms with Crippen LogP contribution < -0.4 is 4.74 Å². The average Bonchev–Trinajstić information content (AvgIpc) is 2.15. The van der Waals surface area contributed by atoms with E-state index < -0.39 is 5.82 Å². The Morgan fingerprint density at radius 3 is 2.81 bits per heavy atom. The fourth-order valence-electron chi connectivity index (χ4n) is 1.08. The summed E-state index contributed by atoms with van der Waals surface area (Å²) in [6, 6.07) is 5.74. The maximum atomic E-state index is 13.0. The fraction of sp³-hybridized carbons (Fsp3) is 0. The zero-order valence-corrected chi connectivity index (χ0v) is 10.2. The van der Waals surface area contributed by atoms with Crippen LogP contribution >= 0.6 is 27.5 Å². The van der Waals surface area contributed by atoms with E-state index in [0.717, 1.165) is 0 Å². The second kappa shape index (κ2) is 4.76. The first-order chi connectivity index (χ1) is 7.63. The lowest BCUT2D eigenvalue weighted by atomic mass is 10.3. The van der Waals surface area contributed by atoms with Gasteiger partial charge in [0, 0.05) is 22.8 Å². The molecule has 0 spiro atoms. The van der Waals surface area contributed by atoms with E-state index in [2.05, 4.69) is 25.9 Å². The molecule has 0 radical (unpaired) electrons. The Morgan fingerprint density at radius 2 is 2.12 bits per heavy atom. The Kier molecular flexibility index (Phi) is 3.36. The number of aromatic nitrogens is 2. The van der Waals surface area contributed by atoms with E-state index >= 15 is 0 Å². The van der Waals surface area contributed by atoms with Crippen molar-refractivity contribution in [2.24, 2.45) is 0 Å². The highest BCUT2D eigenvalue weighted by atomic mass is 79.9. The van der Waals surface area contributed by atoms with Gasteiger partial charge in [-0.2, -0.15) is 4.98 Å². The molecular formula is C10H5BrClFN2O. The molecule has 1 aromatic heterocycles. The lowest BCUT2D eigenvalue weighted by Gasteiger charge is -2.04. The molecule has 0 bridgehead atoms. The van der Waals surface area contributed by atoms with Gasteiger partial charge in [-0.25, -0.2) is 9.37 Å². The van der Waals surface area contributed by atoms with E-state index in [1.54, 1.807) is 6.07 Å². The van der Waals surface area contributed by atoms with Crippen LogP contribution in [0.5, 0.6) is 11.6 Å². The van der Waals surface area contributed by atoms with Crippen LogP contribution in [0.25, 0.3) is 0 Å². The maximum Gasteiger partial charge on any atom is 0.225 e. The largest absolute Gasteiger partial charge is 0.439 e. The quantitative estimate of drug-likeness (QED) is 0.791. The molecule has 3 nitrogen and oxygen atoms in total. The van der Waals surface area contributed by atoms with Crippen molar-refractivity contribution in [3.63, 3.8) is 0 Å². The molecule has 0 aliphatic heterocycles. The summed E-state index contributed by atoms with van der Waals surface area (Å²) in [5.41, 5.74) is 0. The minimum absolute atomic E-state index is 0.0768. The predicted octanol–water partition coefficient (Wildman–Crippen LogP) is 3.82. The molecule has 0 aliphatic rings. The third-order valence-electron chi connectivity index (χ3n) is 1.66. The number of ether oxygens (including phenoxy) is 1. The fourth-order valence-corrected chi connectivity index (χ4v) is 1.67. The number of hydrogen-bond acceptors (Lipinski definition) is 3. The van der Waals surface area contributed by atoms with Crippen molar-refractivity contribution in [3.8, 4) is 11.6 Å². The van der Waals surface area contributed by atoms with Crippen molar-refractivity contribution in [2.45, 2.75) is 0 Å². The van der Waals surface area contributed by atoms with Crippen LogP contribution in [0.4, 0.5) is 4.39 Å². The zero-order valence-electron chi connectivity index (χ0n) is 7.82. The Morgan fingerprint density at radius 1 is 1.31 bits per heavy atom. The predicted molar refractivity (Wildman–Crippen MR) is 61.2 cm³/mol. The molecule has 2 aromatic rings. The van der Waals surface area contributed by atoms with E-state index in [1.165, 1.54) is 24.4 Å². The molecule has 2 rings (SSSR count). The second-order valence-electron chi connectivity index (χ2n) is 2.87. The van der Waals surface area contributed by atoms with Crippen LogP contribution in [0.2, 0.25) is 5.28 Å². The van der Waals surface area contributed by atoms with Crippen molar-refractivity contribution >= 4 is 27.5 Å². The molecule has 0 N–H and O–H groups in total. The van der Waals surface area contributed by atoms with E-state index in [0.29, 0.717) is 10.2 Å². The van der Waals surface area contributed by atoms with Gasteiger partial charge in [0.05, 0.1) is 0 Å². The molecule has 0 aliphatic carbocycles. The van der Waals surface area contributed by atoms with E-state index in [1.807, 2.05) is 0 Å². The number of nitrogens with zero attached hydrogens (tertiary/aromatic N) is 2. The second-order valence-corrected chi connectivity index (χ2v) is 4.12. The number of halogens is 3. The summed E-state index contributed by atoms with van der Waals surface area (Å²) in [6.07, 6.45) is 1.46. The summed E-state index contributed by atoms with van der Waals surface area (Å²) in [6.45, 7) is 0. The van der Waals surface area contributed by atoms with Gasteiger partial charge in [0.1, 0.15) is 11.6 Å². The SMILES string of the molecule is Fc1cc(Br)cc(Oc2ccnc(Cl)n2)c1. The Labute approximate surface area is 104 Å². The van der Waals surface area contributed by atoms with Crippen molar-refractivity contribution in [1.82, 2.24) is 9.97 Å². The monoisotopic (exact) mass is 302 g/mol. The van der Waals surface area contributed by atoms with Gasteiger partial charge >= 0.3 is 0 Å². The Bertz CT molecular complexity index is 504. The first-order valence-electron chi connectivity index (χ1n) is 4.26. The van der Waals surface area contributed by atoms with Crippen LogP contribution in [0, 0.1) is 5.82 Å². The third-order valence-corrected chi connectivity index (χ3v) is 2.30. The summed E-state index contributed by atoms with van der Waals surface area (Å²) >= 11 is 8.75. The van der Waals surface area contributed by atoms with Crippen LogP contribution in [-0.4, -0.2) is 9.97 Å². The van der Waals surface area contributed by atoms with Gasteiger partial charge < -0.3 is 4.74 Å². The van der Waals surface area contributed by atoms with Gasteiger partial charge in [0.2, 0.25) is 11.2 Å². The molecule has 0 saturated carbocycles. The number of benzene rings is 1. The molecule has 0 fully saturated rings. The van der Waals surface area contributed by atoms with E-state index in [4.69, 9.17) is 16.3 Å². The first-order valence-corrected chi connectivity index (χ1v) is 5.43. The van der Waals surface area contributed by atoms with Crippen LogP contribution in [0.3, 0.4) is 0 Å². The van der Waals surface area contributed by atoms with Crippen LogP contribution in [0.1, 0.15) is 0 Å². The maximum absolute atomic E-state index is 13.0. The smallest absolute Gasteiger partial charge is 0.225 e. The van der Waals surface area contributed by atoms with Crippen molar-refractivity contribution in [1.29, 1.82) is 0 Å². The summed E-state index contributed by atoms with van der Waals surface area (Å²) < 4.78 is 18.9. The highest BCUT2D eigenvalue weighted by Crippen LogP contribution is 2.24. The molecule has 0 amide bonds. The molecule has 1 aromatic carbocycles. The number of hydrogen-bond donors (Lipinski definition) is 0. The van der Waals surface area contributed by atoms with Crippen LogP contribution in [0.15, 0.2) is 34.9 Å². The minimum atomic E-state index is -0.399. The lowest BCUT2D eigenvalue weighted by molar-refractivity contribution is 0.456. The third kappa shape index (κ3) is 2.90. The van der Waals surface area contributed by atoms with Crippen molar-refractivity contribution < 1.29 is 9.13 Å². The van der Waals surface area contributed by atoms with Crippen molar-refractivity contribution in [2.75, 3.05) is 0 Å².